The van der Waals surface area contributed by atoms with Crippen LogP contribution in [-0.4, -0.2) is 35.3 Å². The lowest BCUT2D eigenvalue weighted by atomic mass is 10.0. The summed E-state index contributed by atoms with van der Waals surface area (Å²) in [6.07, 6.45) is 0.396. The monoisotopic (exact) mass is 428 g/mol. The van der Waals surface area contributed by atoms with E-state index < -0.39 is 12.0 Å². The van der Waals surface area contributed by atoms with Gasteiger partial charge in [-0.2, -0.15) is 0 Å². The van der Waals surface area contributed by atoms with Gasteiger partial charge in [0, 0.05) is 24.2 Å². The predicted molar refractivity (Wildman–Crippen MR) is 121 cm³/mol. The van der Waals surface area contributed by atoms with Crippen molar-refractivity contribution in [2.24, 2.45) is 0 Å². The van der Waals surface area contributed by atoms with Gasteiger partial charge in [-0.05, 0) is 48.4 Å². The first-order valence-electron chi connectivity index (χ1n) is 10.6. The summed E-state index contributed by atoms with van der Waals surface area (Å²) in [5, 5.41) is 2.90. The number of hydrogen-bond acceptors (Lipinski definition) is 4. The predicted octanol–water partition coefficient (Wildman–Crippen LogP) is 4.07. The minimum Gasteiger partial charge on any atom is -0.462 e. The Bertz CT molecular complexity index is 1130. The van der Waals surface area contributed by atoms with Gasteiger partial charge in [0.25, 0.3) is 5.91 Å². The van der Waals surface area contributed by atoms with Crippen molar-refractivity contribution >= 4 is 23.5 Å². The number of amides is 2. The number of fused-ring (bicyclic) bond motifs is 1. The molecule has 0 fully saturated rings. The molecule has 1 N–H and O–H groups in total. The lowest BCUT2D eigenvalue weighted by Crippen LogP contribution is -2.45. The second-order valence-corrected chi connectivity index (χ2v) is 7.58. The molecule has 1 heterocycles. The van der Waals surface area contributed by atoms with Crippen LogP contribution in [0.4, 0.5) is 5.69 Å². The molecule has 0 saturated heterocycles. The van der Waals surface area contributed by atoms with Gasteiger partial charge in [0.2, 0.25) is 5.91 Å². The molecule has 32 heavy (non-hydrogen) atoms. The zero-order chi connectivity index (χ0) is 22.5. The molecule has 6 nitrogen and oxygen atoms in total. The normalized spacial score (nSPS) is 13.4. The Labute approximate surface area is 186 Å². The van der Waals surface area contributed by atoms with Crippen molar-refractivity contribution in [3.8, 4) is 0 Å². The average molecular weight is 428 g/mol. The fourth-order valence-corrected chi connectivity index (χ4v) is 3.84. The number of rotatable bonds is 7. The van der Waals surface area contributed by atoms with E-state index in [-0.39, 0.29) is 11.8 Å². The summed E-state index contributed by atoms with van der Waals surface area (Å²) >= 11 is 0. The minimum absolute atomic E-state index is 0.144. The number of benzene rings is 3. The highest BCUT2D eigenvalue weighted by atomic mass is 16.5. The molecule has 3 aromatic rings. The number of ether oxygens (including phenoxy) is 1. The first kappa shape index (κ1) is 21.3. The fourth-order valence-electron chi connectivity index (χ4n) is 3.84. The minimum atomic E-state index is -0.679. The Kier molecular flexibility index (Phi) is 6.31. The Morgan fingerprint density at radius 1 is 0.969 bits per heavy atom. The summed E-state index contributed by atoms with van der Waals surface area (Å²) in [5.74, 6) is -0.832. The summed E-state index contributed by atoms with van der Waals surface area (Å²) in [6.45, 7) is 2.43. The average Bonchev–Trinajstić information content (AvgIpc) is 3.15. The molecule has 2 amide bonds. The number of nitrogens with zero attached hydrogens (tertiary/aromatic N) is 1. The molecule has 0 bridgehead atoms. The van der Waals surface area contributed by atoms with Crippen LogP contribution < -0.4 is 5.32 Å². The third-order valence-corrected chi connectivity index (χ3v) is 5.46. The van der Waals surface area contributed by atoms with Crippen LogP contribution in [-0.2, 0) is 22.5 Å². The zero-order valence-electron chi connectivity index (χ0n) is 17.8. The standard InChI is InChI=1S/C26H24N2O4/c1-2-32-26(31)19-12-14-21(15-13-19)27-24(29)23(16-18-8-4-3-5-9-18)28-17-20-10-6-7-11-22(20)25(28)30/h3-15,23H,2,16-17H2,1H3,(H,27,29). The highest BCUT2D eigenvalue weighted by Crippen LogP contribution is 2.26. The molecule has 0 radical (unpaired) electrons. The number of esters is 1. The van der Waals surface area contributed by atoms with Crippen LogP contribution >= 0.6 is 0 Å². The van der Waals surface area contributed by atoms with E-state index in [0.717, 1.165) is 11.1 Å². The molecule has 162 valence electrons. The van der Waals surface area contributed by atoms with E-state index in [4.69, 9.17) is 4.74 Å². The SMILES string of the molecule is CCOC(=O)c1ccc(NC(=O)C(Cc2ccccc2)N2Cc3ccccc3C2=O)cc1. The van der Waals surface area contributed by atoms with Crippen LogP contribution in [0.5, 0.6) is 0 Å². The van der Waals surface area contributed by atoms with Gasteiger partial charge >= 0.3 is 5.97 Å². The van der Waals surface area contributed by atoms with E-state index >= 15 is 0 Å². The van der Waals surface area contributed by atoms with Gasteiger partial charge < -0.3 is 15.0 Å². The second-order valence-electron chi connectivity index (χ2n) is 7.58. The van der Waals surface area contributed by atoms with Crippen molar-refractivity contribution in [1.82, 2.24) is 4.90 Å². The first-order chi connectivity index (χ1) is 15.6. The summed E-state index contributed by atoms with van der Waals surface area (Å²) in [5.41, 5.74) is 3.48. The van der Waals surface area contributed by atoms with Crippen LogP contribution in [0, 0.1) is 0 Å². The van der Waals surface area contributed by atoms with E-state index in [2.05, 4.69) is 5.32 Å². The highest BCUT2D eigenvalue weighted by molar-refractivity contribution is 6.03. The maximum atomic E-state index is 13.3. The topological polar surface area (TPSA) is 75.7 Å². The lowest BCUT2D eigenvalue weighted by molar-refractivity contribution is -0.120. The smallest absolute Gasteiger partial charge is 0.338 e. The maximum absolute atomic E-state index is 13.3. The Morgan fingerprint density at radius 2 is 1.66 bits per heavy atom. The summed E-state index contributed by atoms with van der Waals surface area (Å²) < 4.78 is 4.99. The van der Waals surface area contributed by atoms with Gasteiger partial charge in [0.1, 0.15) is 6.04 Å². The van der Waals surface area contributed by atoms with E-state index in [1.807, 2.05) is 48.5 Å². The fraction of sp³-hybridized carbons (Fsp3) is 0.192. The van der Waals surface area contributed by atoms with E-state index in [0.29, 0.717) is 36.4 Å². The molecule has 0 saturated carbocycles. The van der Waals surface area contributed by atoms with Gasteiger partial charge in [-0.3, -0.25) is 9.59 Å². The van der Waals surface area contributed by atoms with Crippen molar-refractivity contribution in [1.29, 1.82) is 0 Å². The van der Waals surface area contributed by atoms with Crippen LogP contribution in [0.25, 0.3) is 0 Å². The molecule has 0 aliphatic carbocycles. The lowest BCUT2D eigenvalue weighted by Gasteiger charge is -2.27. The molecule has 3 aromatic carbocycles. The van der Waals surface area contributed by atoms with E-state index in [1.165, 1.54) is 0 Å². The van der Waals surface area contributed by atoms with Crippen LogP contribution in [0.15, 0.2) is 78.9 Å². The molecular weight excluding hydrogens is 404 g/mol. The van der Waals surface area contributed by atoms with Gasteiger partial charge in [-0.25, -0.2) is 4.79 Å². The molecule has 0 spiro atoms. The van der Waals surface area contributed by atoms with Crippen molar-refractivity contribution in [2.45, 2.75) is 25.9 Å². The number of carbonyl (C=O) groups is 3. The second kappa shape index (κ2) is 9.47. The summed E-state index contributed by atoms with van der Waals surface area (Å²) in [7, 11) is 0. The van der Waals surface area contributed by atoms with Gasteiger partial charge in [0.05, 0.1) is 12.2 Å². The molecule has 6 heteroatoms. The van der Waals surface area contributed by atoms with E-state index in [9.17, 15) is 14.4 Å². The first-order valence-corrected chi connectivity index (χ1v) is 10.6. The van der Waals surface area contributed by atoms with Crippen LogP contribution in [0.3, 0.4) is 0 Å². The molecule has 1 atom stereocenters. The molecule has 4 rings (SSSR count). The third-order valence-electron chi connectivity index (χ3n) is 5.46. The number of anilines is 1. The van der Waals surface area contributed by atoms with Gasteiger partial charge in [-0.15, -0.1) is 0 Å². The summed E-state index contributed by atoms with van der Waals surface area (Å²) in [4.78, 5) is 39.9. The Morgan fingerprint density at radius 3 is 2.34 bits per heavy atom. The zero-order valence-corrected chi connectivity index (χ0v) is 17.8. The molecule has 1 unspecified atom stereocenters. The number of hydrogen-bond donors (Lipinski definition) is 1. The Hall–Kier alpha value is -3.93. The highest BCUT2D eigenvalue weighted by Gasteiger charge is 2.36. The van der Waals surface area contributed by atoms with Crippen LogP contribution in [0.2, 0.25) is 0 Å². The molecule has 0 aromatic heterocycles. The molecule has 1 aliphatic heterocycles. The molecule has 1 aliphatic rings. The molecular formula is C26H24N2O4. The van der Waals surface area contributed by atoms with Crippen molar-refractivity contribution < 1.29 is 19.1 Å². The van der Waals surface area contributed by atoms with Gasteiger partial charge in [-0.1, -0.05) is 48.5 Å². The van der Waals surface area contributed by atoms with Crippen molar-refractivity contribution in [3.63, 3.8) is 0 Å². The summed E-state index contributed by atoms with van der Waals surface area (Å²) in [6, 6.07) is 22.9. The van der Waals surface area contributed by atoms with Crippen molar-refractivity contribution in [2.75, 3.05) is 11.9 Å². The van der Waals surface area contributed by atoms with Crippen LogP contribution in [0.1, 0.15) is 38.8 Å². The third kappa shape index (κ3) is 4.54. The number of carbonyl (C=O) groups excluding carboxylic acids is 3. The largest absolute Gasteiger partial charge is 0.462 e. The van der Waals surface area contributed by atoms with Crippen molar-refractivity contribution in [3.05, 3.63) is 101 Å². The van der Waals surface area contributed by atoms with Gasteiger partial charge in [0.15, 0.2) is 0 Å². The number of nitrogens with one attached hydrogen (secondary N) is 1. The Balaban J connectivity index is 1.55. The van der Waals surface area contributed by atoms with E-state index in [1.54, 1.807) is 42.2 Å². The maximum Gasteiger partial charge on any atom is 0.338 e. The quantitative estimate of drug-likeness (QED) is 0.576.